The van der Waals surface area contributed by atoms with E-state index in [1.807, 2.05) is 49.7 Å². The van der Waals surface area contributed by atoms with Crippen LogP contribution in [0.1, 0.15) is 17.0 Å². The number of ether oxygens (including phenoxy) is 1. The molecule has 2 rings (SSSR count). The second-order valence-corrected chi connectivity index (χ2v) is 5.97. The molecule has 0 spiro atoms. The fourth-order valence-corrected chi connectivity index (χ4v) is 2.45. The van der Waals surface area contributed by atoms with Crippen molar-refractivity contribution in [3.05, 3.63) is 35.3 Å². The summed E-state index contributed by atoms with van der Waals surface area (Å²) in [5.74, 6) is 0.834. The number of anilines is 2. The van der Waals surface area contributed by atoms with Gasteiger partial charge in [0, 0.05) is 39.0 Å². The van der Waals surface area contributed by atoms with Gasteiger partial charge in [-0.2, -0.15) is 5.10 Å². The zero-order valence-corrected chi connectivity index (χ0v) is 15.5. The van der Waals surface area contributed by atoms with Crippen LogP contribution in [0.15, 0.2) is 18.3 Å². The maximum atomic E-state index is 12.1. The molecule has 2 heterocycles. The van der Waals surface area contributed by atoms with E-state index < -0.39 is 0 Å². The number of nitrogens with one attached hydrogen (secondary N) is 2. The van der Waals surface area contributed by atoms with Gasteiger partial charge in [-0.15, -0.1) is 0 Å². The third-order valence-electron chi connectivity index (χ3n) is 3.93. The highest BCUT2D eigenvalue weighted by molar-refractivity contribution is 5.89. The van der Waals surface area contributed by atoms with Crippen molar-refractivity contribution in [2.75, 3.05) is 38.0 Å². The van der Waals surface area contributed by atoms with Gasteiger partial charge < -0.3 is 20.3 Å². The van der Waals surface area contributed by atoms with Gasteiger partial charge >= 0.3 is 6.03 Å². The number of carbonyl (C=O) groups excluding carboxylic acids is 1. The molecule has 0 unspecified atom stereocenters. The number of pyridine rings is 1. The van der Waals surface area contributed by atoms with Gasteiger partial charge in [-0.25, -0.2) is 9.78 Å². The second kappa shape index (κ2) is 8.48. The summed E-state index contributed by atoms with van der Waals surface area (Å²) in [7, 11) is 5.50. The van der Waals surface area contributed by atoms with Crippen molar-refractivity contribution in [3.8, 4) is 0 Å². The highest BCUT2D eigenvalue weighted by Crippen LogP contribution is 2.14. The second-order valence-electron chi connectivity index (χ2n) is 5.97. The monoisotopic (exact) mass is 346 g/mol. The molecule has 0 atom stereocenters. The number of urea groups is 1. The third kappa shape index (κ3) is 4.93. The van der Waals surface area contributed by atoms with Crippen LogP contribution in [0.25, 0.3) is 0 Å². The summed E-state index contributed by atoms with van der Waals surface area (Å²) in [6, 6.07) is 3.40. The number of nitrogens with zero attached hydrogens (tertiary/aromatic N) is 4. The molecule has 8 heteroatoms. The van der Waals surface area contributed by atoms with E-state index in [0.717, 1.165) is 22.8 Å². The zero-order valence-electron chi connectivity index (χ0n) is 15.5. The van der Waals surface area contributed by atoms with E-state index in [0.29, 0.717) is 25.4 Å². The Morgan fingerprint density at radius 2 is 2.08 bits per heavy atom. The summed E-state index contributed by atoms with van der Waals surface area (Å²) in [5, 5.41) is 10.1. The number of amides is 2. The molecule has 8 nitrogen and oxygen atoms in total. The first-order chi connectivity index (χ1) is 11.9. The Morgan fingerprint density at radius 1 is 1.32 bits per heavy atom. The maximum absolute atomic E-state index is 12.1. The van der Waals surface area contributed by atoms with Crippen molar-refractivity contribution >= 4 is 17.5 Å². The Hall–Kier alpha value is -2.61. The minimum atomic E-state index is -0.275. The minimum absolute atomic E-state index is 0.275. The summed E-state index contributed by atoms with van der Waals surface area (Å²) in [6.07, 6.45) is 1.63. The maximum Gasteiger partial charge on any atom is 0.319 e. The lowest BCUT2D eigenvalue weighted by Gasteiger charge is -2.12. The van der Waals surface area contributed by atoms with Crippen LogP contribution in [-0.4, -0.2) is 48.6 Å². The number of aromatic nitrogens is 3. The summed E-state index contributed by atoms with van der Waals surface area (Å²) >= 11 is 0. The molecule has 0 aliphatic heterocycles. The van der Waals surface area contributed by atoms with Crippen LogP contribution in [0, 0.1) is 13.8 Å². The first-order valence-electron chi connectivity index (χ1n) is 8.12. The molecule has 0 radical (unpaired) electrons. The van der Waals surface area contributed by atoms with Crippen molar-refractivity contribution in [2.45, 2.75) is 26.9 Å². The van der Waals surface area contributed by atoms with Crippen molar-refractivity contribution < 1.29 is 9.53 Å². The molecule has 0 bridgehead atoms. The van der Waals surface area contributed by atoms with Gasteiger partial charge in [-0.3, -0.25) is 4.68 Å². The molecule has 0 aliphatic carbocycles. The van der Waals surface area contributed by atoms with Crippen molar-refractivity contribution in [1.29, 1.82) is 0 Å². The van der Waals surface area contributed by atoms with E-state index in [1.54, 1.807) is 13.3 Å². The van der Waals surface area contributed by atoms with Gasteiger partial charge in [0.2, 0.25) is 0 Å². The van der Waals surface area contributed by atoms with Gasteiger partial charge in [0.25, 0.3) is 0 Å². The quantitative estimate of drug-likeness (QED) is 0.800. The lowest BCUT2D eigenvalue weighted by Crippen LogP contribution is -2.28. The fraction of sp³-hybridized carbons (Fsp3) is 0.471. The molecular weight excluding hydrogens is 320 g/mol. The summed E-state index contributed by atoms with van der Waals surface area (Å²) in [6.45, 7) is 5.65. The molecule has 2 aromatic heterocycles. The van der Waals surface area contributed by atoms with Crippen molar-refractivity contribution in [2.24, 2.45) is 0 Å². The predicted octanol–water partition coefficient (Wildman–Crippen LogP) is 1.93. The third-order valence-corrected chi connectivity index (χ3v) is 3.93. The highest BCUT2D eigenvalue weighted by atomic mass is 16.5. The molecule has 0 aliphatic rings. The van der Waals surface area contributed by atoms with Gasteiger partial charge in [-0.1, -0.05) is 0 Å². The summed E-state index contributed by atoms with van der Waals surface area (Å²) < 4.78 is 6.99. The molecule has 2 amide bonds. The molecule has 136 valence electrons. The fourth-order valence-electron chi connectivity index (χ4n) is 2.45. The predicted molar refractivity (Wildman–Crippen MR) is 98.0 cm³/mol. The molecule has 2 N–H and O–H groups in total. The average molecular weight is 346 g/mol. The van der Waals surface area contributed by atoms with Gasteiger partial charge in [0.1, 0.15) is 5.82 Å². The molecule has 25 heavy (non-hydrogen) atoms. The number of hydrogen-bond donors (Lipinski definition) is 2. The van der Waals surface area contributed by atoms with Crippen LogP contribution in [0.2, 0.25) is 0 Å². The summed E-state index contributed by atoms with van der Waals surface area (Å²) in [4.78, 5) is 18.3. The van der Waals surface area contributed by atoms with Gasteiger partial charge in [-0.05, 0) is 26.0 Å². The topological polar surface area (TPSA) is 84.3 Å². The van der Waals surface area contributed by atoms with E-state index >= 15 is 0 Å². The van der Waals surface area contributed by atoms with Crippen LogP contribution in [0.5, 0.6) is 0 Å². The van der Waals surface area contributed by atoms with Gasteiger partial charge in [0.15, 0.2) is 0 Å². The van der Waals surface area contributed by atoms with Crippen molar-refractivity contribution in [1.82, 2.24) is 20.1 Å². The van der Waals surface area contributed by atoms with Gasteiger partial charge in [0.05, 0.1) is 30.7 Å². The largest absolute Gasteiger partial charge is 0.383 e. The van der Waals surface area contributed by atoms with E-state index in [9.17, 15) is 4.79 Å². The Labute approximate surface area is 148 Å². The lowest BCUT2D eigenvalue weighted by molar-refractivity contribution is 0.182. The molecule has 0 saturated carbocycles. The number of carbonyl (C=O) groups is 1. The highest BCUT2D eigenvalue weighted by Gasteiger charge is 2.12. The van der Waals surface area contributed by atoms with E-state index in [1.165, 1.54) is 0 Å². The first-order valence-corrected chi connectivity index (χ1v) is 8.12. The molecule has 0 fully saturated rings. The first kappa shape index (κ1) is 18.7. The Morgan fingerprint density at radius 3 is 2.68 bits per heavy atom. The van der Waals surface area contributed by atoms with Crippen LogP contribution in [-0.2, 0) is 17.8 Å². The summed E-state index contributed by atoms with van der Waals surface area (Å²) in [5.41, 5.74) is 3.61. The minimum Gasteiger partial charge on any atom is -0.383 e. The van der Waals surface area contributed by atoms with Crippen molar-refractivity contribution in [3.63, 3.8) is 0 Å². The Bertz CT molecular complexity index is 709. The van der Waals surface area contributed by atoms with E-state index in [4.69, 9.17) is 4.74 Å². The van der Waals surface area contributed by atoms with Crippen LogP contribution in [0.4, 0.5) is 16.3 Å². The Kier molecular flexibility index (Phi) is 6.35. The van der Waals surface area contributed by atoms with E-state index in [-0.39, 0.29) is 6.03 Å². The smallest absolute Gasteiger partial charge is 0.319 e. The van der Waals surface area contributed by atoms with Crippen LogP contribution in [0.3, 0.4) is 0 Å². The number of rotatable bonds is 7. The number of methoxy groups -OCH3 is 1. The lowest BCUT2D eigenvalue weighted by atomic mass is 10.2. The molecule has 2 aromatic rings. The normalized spacial score (nSPS) is 10.6. The number of hydrogen-bond acceptors (Lipinski definition) is 5. The molecule has 0 saturated heterocycles. The van der Waals surface area contributed by atoms with Crippen LogP contribution >= 0.6 is 0 Å². The standard InChI is InChI=1S/C17H26N6O2/c1-12-15(13(2)23(21-12)8-9-25-5)11-19-17(24)20-14-6-7-16(18-10-14)22(3)4/h6-7,10H,8-9,11H2,1-5H3,(H2,19,20,24). The zero-order chi connectivity index (χ0) is 18.4. The molecule has 0 aromatic carbocycles. The number of aryl methyl sites for hydroxylation is 1. The van der Waals surface area contributed by atoms with Crippen LogP contribution < -0.4 is 15.5 Å². The molecular formula is C17H26N6O2. The Balaban J connectivity index is 1.92. The van der Waals surface area contributed by atoms with E-state index in [2.05, 4.69) is 20.7 Å². The SMILES string of the molecule is COCCn1nc(C)c(CNC(=O)Nc2ccc(N(C)C)nc2)c1C. The average Bonchev–Trinajstić information content (AvgIpc) is 2.85.